The predicted octanol–water partition coefficient (Wildman–Crippen LogP) is -0.965. The molecule has 0 radical (unpaired) electrons. The summed E-state index contributed by atoms with van der Waals surface area (Å²) in [5.74, 6) is 0.763. The van der Waals surface area contributed by atoms with Crippen LogP contribution in [0.3, 0.4) is 0 Å². The van der Waals surface area contributed by atoms with Crippen LogP contribution in [0, 0.1) is 5.92 Å². The molecule has 2 aliphatic rings. The van der Waals surface area contributed by atoms with E-state index in [2.05, 4.69) is 22.6 Å². The third-order valence-electron chi connectivity index (χ3n) is 2.23. The first kappa shape index (κ1) is 6.10. The van der Waals surface area contributed by atoms with Crippen LogP contribution >= 0.6 is 0 Å². The maximum absolute atomic E-state index is 3.35. The molecule has 2 heteroatoms. The zero-order valence-electron chi connectivity index (χ0n) is 6.06. The van der Waals surface area contributed by atoms with Crippen molar-refractivity contribution in [1.82, 2.24) is 5.32 Å². The highest BCUT2D eigenvalue weighted by molar-refractivity contribution is 5.51. The summed E-state index contributed by atoms with van der Waals surface area (Å²) < 4.78 is 0. The van der Waals surface area contributed by atoms with Crippen LogP contribution in [-0.4, -0.2) is 19.3 Å². The molecule has 10 heavy (non-hydrogen) atoms. The lowest BCUT2D eigenvalue weighted by molar-refractivity contribution is -0.409. The fraction of sp³-hybridized carbons (Fsp3) is 0.625. The summed E-state index contributed by atoms with van der Waals surface area (Å²) in [6.45, 7) is 2.19. The number of nitrogens with one attached hydrogen (secondary N) is 2. The number of rotatable bonds is 0. The molecule has 0 spiro atoms. The zero-order valence-corrected chi connectivity index (χ0v) is 6.06. The van der Waals surface area contributed by atoms with Crippen molar-refractivity contribution in [2.24, 2.45) is 5.92 Å². The fourth-order valence-electron chi connectivity index (χ4n) is 1.63. The molecule has 2 aliphatic heterocycles. The van der Waals surface area contributed by atoms with Crippen molar-refractivity contribution in [2.75, 3.05) is 13.1 Å². The lowest BCUT2D eigenvalue weighted by Crippen LogP contribution is -2.71. The molecule has 2 nitrogen and oxygen atoms in total. The van der Waals surface area contributed by atoms with Gasteiger partial charge in [0, 0.05) is 19.5 Å². The van der Waals surface area contributed by atoms with Crippen molar-refractivity contribution < 1.29 is 4.99 Å². The van der Waals surface area contributed by atoms with Crippen molar-refractivity contribution in [3.05, 3.63) is 11.8 Å². The van der Waals surface area contributed by atoms with E-state index in [1.165, 1.54) is 18.5 Å². The van der Waals surface area contributed by atoms with E-state index in [0.717, 1.165) is 19.0 Å². The highest BCUT2D eigenvalue weighted by Crippen LogP contribution is 2.13. The number of fused-ring (bicyclic) bond motifs is 1. The van der Waals surface area contributed by atoms with Gasteiger partial charge in [-0.1, -0.05) is 0 Å². The van der Waals surface area contributed by atoms with Crippen molar-refractivity contribution in [3.8, 4) is 0 Å². The largest absolute Gasteiger partial charge is 0.312 e. The highest BCUT2D eigenvalue weighted by Gasteiger charge is 2.23. The Kier molecular flexibility index (Phi) is 1.55. The third-order valence-corrected chi connectivity index (χ3v) is 2.23. The van der Waals surface area contributed by atoms with Gasteiger partial charge in [-0.05, 0) is 12.5 Å². The zero-order chi connectivity index (χ0) is 6.81. The smallest absolute Gasteiger partial charge is 0.180 e. The van der Waals surface area contributed by atoms with E-state index in [-0.39, 0.29) is 0 Å². The molecule has 0 bridgehead atoms. The molecule has 0 aliphatic carbocycles. The minimum Gasteiger partial charge on any atom is -0.312 e. The second-order valence-corrected chi connectivity index (χ2v) is 2.94. The van der Waals surface area contributed by atoms with Gasteiger partial charge in [0.15, 0.2) is 5.70 Å². The molecular weight excluding hydrogens is 124 g/mol. The monoisotopic (exact) mass is 137 g/mol. The predicted molar refractivity (Wildman–Crippen MR) is 40.7 cm³/mol. The number of hydrogen-bond donors (Lipinski definition) is 2. The molecule has 1 atom stereocenters. The Morgan fingerprint density at radius 2 is 2.60 bits per heavy atom. The average molecular weight is 137 g/mol. The highest BCUT2D eigenvalue weighted by atomic mass is 14.9. The second kappa shape index (κ2) is 2.54. The molecule has 0 saturated heterocycles. The van der Waals surface area contributed by atoms with Crippen LogP contribution in [-0.2, 0) is 0 Å². The van der Waals surface area contributed by atoms with E-state index in [1.54, 1.807) is 0 Å². The van der Waals surface area contributed by atoms with Gasteiger partial charge in [0.05, 0.1) is 5.92 Å². The van der Waals surface area contributed by atoms with Crippen molar-refractivity contribution in [3.63, 3.8) is 0 Å². The summed E-state index contributed by atoms with van der Waals surface area (Å²) in [6.07, 6.45) is 6.94. The summed E-state index contributed by atoms with van der Waals surface area (Å²) in [4.78, 5) is 3.32. The normalized spacial score (nSPS) is 31.2. The molecular formula is C8H13N2+. The Morgan fingerprint density at radius 1 is 1.60 bits per heavy atom. The summed E-state index contributed by atoms with van der Waals surface area (Å²) in [7, 11) is 0. The van der Waals surface area contributed by atoms with Gasteiger partial charge in [0.2, 0.25) is 0 Å². The molecule has 1 unspecified atom stereocenters. The molecule has 0 aromatic carbocycles. The minimum absolute atomic E-state index is 0.763. The molecule has 0 aromatic heterocycles. The Hall–Kier alpha value is -0.630. The molecule has 0 saturated carbocycles. The average Bonchev–Trinajstić information content (AvgIpc) is 2.05. The molecule has 0 fully saturated rings. The molecule has 0 aromatic rings. The molecule has 0 amide bonds. The maximum Gasteiger partial charge on any atom is 0.180 e. The lowest BCUT2D eigenvalue weighted by atomic mass is 9.95. The molecule has 2 heterocycles. The van der Waals surface area contributed by atoms with Gasteiger partial charge >= 0.3 is 0 Å². The first-order valence-corrected chi connectivity index (χ1v) is 3.96. The van der Waals surface area contributed by atoms with Crippen LogP contribution in [0.1, 0.15) is 12.8 Å². The van der Waals surface area contributed by atoms with Crippen LogP contribution in [0.4, 0.5) is 0 Å². The lowest BCUT2D eigenvalue weighted by Gasteiger charge is -2.19. The van der Waals surface area contributed by atoms with Gasteiger partial charge in [-0.15, -0.1) is 0 Å². The first-order valence-electron chi connectivity index (χ1n) is 3.96. The van der Waals surface area contributed by atoms with Gasteiger partial charge in [0.25, 0.3) is 0 Å². The van der Waals surface area contributed by atoms with Crippen molar-refractivity contribution in [1.29, 1.82) is 0 Å². The maximum atomic E-state index is 3.35. The summed E-state index contributed by atoms with van der Waals surface area (Å²) in [6, 6.07) is 0. The summed E-state index contributed by atoms with van der Waals surface area (Å²) >= 11 is 0. The van der Waals surface area contributed by atoms with E-state index >= 15 is 0 Å². The van der Waals surface area contributed by atoms with E-state index in [4.69, 9.17) is 0 Å². The second-order valence-electron chi connectivity index (χ2n) is 2.94. The van der Waals surface area contributed by atoms with Gasteiger partial charge in [0.1, 0.15) is 6.21 Å². The third kappa shape index (κ3) is 0.991. The van der Waals surface area contributed by atoms with Gasteiger partial charge in [-0.2, -0.15) is 0 Å². The van der Waals surface area contributed by atoms with Crippen LogP contribution in [0.2, 0.25) is 0 Å². The van der Waals surface area contributed by atoms with E-state index in [1.807, 2.05) is 0 Å². The SMILES string of the molecule is C1=[NH+]C2=CCNCC2CC1. The van der Waals surface area contributed by atoms with Gasteiger partial charge < -0.3 is 5.32 Å². The van der Waals surface area contributed by atoms with Crippen molar-refractivity contribution in [2.45, 2.75) is 12.8 Å². The van der Waals surface area contributed by atoms with Crippen molar-refractivity contribution >= 4 is 6.21 Å². The van der Waals surface area contributed by atoms with Crippen LogP contribution in [0.15, 0.2) is 11.8 Å². The quantitative estimate of drug-likeness (QED) is 0.441. The molecule has 2 N–H and O–H groups in total. The van der Waals surface area contributed by atoms with Crippen LogP contribution < -0.4 is 10.3 Å². The van der Waals surface area contributed by atoms with Crippen LogP contribution in [0.25, 0.3) is 0 Å². The van der Waals surface area contributed by atoms with Gasteiger partial charge in [-0.3, -0.25) is 0 Å². The summed E-state index contributed by atoms with van der Waals surface area (Å²) in [5.41, 5.74) is 1.44. The Labute approximate surface area is 61.0 Å². The van der Waals surface area contributed by atoms with Gasteiger partial charge in [-0.25, -0.2) is 4.99 Å². The number of hydrogen-bond acceptors (Lipinski definition) is 1. The Balaban J connectivity index is 2.21. The van der Waals surface area contributed by atoms with E-state index in [0.29, 0.717) is 0 Å². The fourth-order valence-corrected chi connectivity index (χ4v) is 1.63. The minimum atomic E-state index is 0.763. The van der Waals surface area contributed by atoms with Crippen LogP contribution in [0.5, 0.6) is 0 Å². The standard InChI is InChI=1S/C8H12N2/c1-2-7-6-9-5-3-8(7)10-4-1/h3-4,7,9H,1-2,5-6H2/p+1. The Bertz CT molecular complexity index is 182. The topological polar surface area (TPSA) is 26.0 Å². The summed E-state index contributed by atoms with van der Waals surface area (Å²) in [5, 5.41) is 3.35. The molecule has 54 valence electrons. The molecule has 2 rings (SSSR count). The van der Waals surface area contributed by atoms with E-state index in [9.17, 15) is 0 Å². The van der Waals surface area contributed by atoms with E-state index < -0.39 is 0 Å². The first-order chi connectivity index (χ1) is 4.97. The Morgan fingerprint density at radius 3 is 3.50 bits per heavy atom.